The lowest BCUT2D eigenvalue weighted by atomic mass is 10.3. The molecule has 10 heavy (non-hydrogen) atoms. The molecule has 0 saturated carbocycles. The van der Waals surface area contributed by atoms with E-state index in [0.29, 0.717) is 0 Å². The van der Waals surface area contributed by atoms with Crippen molar-refractivity contribution in [2.45, 2.75) is 0 Å². The summed E-state index contributed by atoms with van der Waals surface area (Å²) in [5.74, 6) is 0. The number of nitrogens with zero attached hydrogens (tertiary/aromatic N) is 2. The summed E-state index contributed by atoms with van der Waals surface area (Å²) in [6.07, 6.45) is 3.18. The Bertz CT molecular complexity index is 301. The van der Waals surface area contributed by atoms with Gasteiger partial charge in [-0.3, -0.25) is 4.79 Å². The average Bonchev–Trinajstić information content (AvgIpc) is 1.95. The second kappa shape index (κ2) is 2.47. The highest BCUT2D eigenvalue weighted by Crippen LogP contribution is 1.90. The zero-order valence-electron chi connectivity index (χ0n) is 5.74. The Morgan fingerprint density at radius 1 is 1.80 bits per heavy atom. The van der Waals surface area contributed by atoms with Crippen molar-refractivity contribution in [1.82, 2.24) is 9.78 Å². The Kier molecular flexibility index (Phi) is 1.67. The lowest BCUT2D eigenvalue weighted by molar-refractivity contribution is 0.706. The summed E-state index contributed by atoms with van der Waals surface area (Å²) in [5.41, 5.74) is 0.639. The summed E-state index contributed by atoms with van der Waals surface area (Å²) < 4.78 is 1.27. The van der Waals surface area contributed by atoms with Crippen molar-refractivity contribution in [3.8, 4) is 0 Å². The highest BCUT2D eigenvalue weighted by Gasteiger charge is 1.89. The Balaban J connectivity index is 3.30. The molecule has 0 unspecified atom stereocenters. The van der Waals surface area contributed by atoms with Crippen molar-refractivity contribution in [2.24, 2.45) is 7.05 Å². The van der Waals surface area contributed by atoms with Gasteiger partial charge in [-0.25, -0.2) is 4.68 Å². The number of hydrogen-bond donors (Lipinski definition) is 0. The monoisotopic (exact) mass is 136 g/mol. The molecule has 0 fully saturated rings. The first-order valence-electron chi connectivity index (χ1n) is 2.90. The number of aryl methyl sites for hydroxylation is 1. The van der Waals surface area contributed by atoms with Gasteiger partial charge in [0.1, 0.15) is 0 Å². The molecule has 1 aromatic heterocycles. The van der Waals surface area contributed by atoms with E-state index < -0.39 is 0 Å². The summed E-state index contributed by atoms with van der Waals surface area (Å²) in [5, 5.41) is 3.78. The van der Waals surface area contributed by atoms with Crippen LogP contribution in [0.5, 0.6) is 0 Å². The van der Waals surface area contributed by atoms with Crippen molar-refractivity contribution >= 4 is 6.08 Å². The molecular formula is C7H8N2O. The van der Waals surface area contributed by atoms with E-state index in [2.05, 4.69) is 11.7 Å². The third-order valence-corrected chi connectivity index (χ3v) is 1.22. The fourth-order valence-corrected chi connectivity index (χ4v) is 0.595. The molecule has 0 aliphatic heterocycles. The van der Waals surface area contributed by atoms with Crippen molar-refractivity contribution in [1.29, 1.82) is 0 Å². The minimum atomic E-state index is -0.114. The predicted molar refractivity (Wildman–Crippen MR) is 39.6 cm³/mol. The zero-order chi connectivity index (χ0) is 7.56. The highest BCUT2D eigenvalue weighted by atomic mass is 16.1. The molecule has 0 radical (unpaired) electrons. The Labute approximate surface area is 58.6 Å². The van der Waals surface area contributed by atoms with Gasteiger partial charge in [0.2, 0.25) is 0 Å². The quantitative estimate of drug-likeness (QED) is 0.561. The van der Waals surface area contributed by atoms with E-state index in [0.717, 1.165) is 5.56 Å². The van der Waals surface area contributed by atoms with Gasteiger partial charge in [-0.15, -0.1) is 0 Å². The maximum absolute atomic E-state index is 10.9. The Morgan fingerprint density at radius 3 is 3.00 bits per heavy atom. The first kappa shape index (κ1) is 6.74. The summed E-state index contributed by atoms with van der Waals surface area (Å²) >= 11 is 0. The SMILES string of the molecule is C=Cc1cnn(C)c(=O)c1. The normalized spacial score (nSPS) is 9.30. The van der Waals surface area contributed by atoms with Crippen LogP contribution in [0.2, 0.25) is 0 Å². The van der Waals surface area contributed by atoms with E-state index in [1.165, 1.54) is 10.7 Å². The van der Waals surface area contributed by atoms with Crippen LogP contribution in [0.4, 0.5) is 0 Å². The first-order chi connectivity index (χ1) is 4.74. The summed E-state index contributed by atoms with van der Waals surface area (Å²) in [7, 11) is 1.61. The van der Waals surface area contributed by atoms with Gasteiger partial charge < -0.3 is 0 Å². The maximum atomic E-state index is 10.9. The van der Waals surface area contributed by atoms with Crippen molar-refractivity contribution in [3.05, 3.63) is 34.8 Å². The van der Waals surface area contributed by atoms with Crippen LogP contribution in [0, 0.1) is 0 Å². The van der Waals surface area contributed by atoms with Crippen LogP contribution < -0.4 is 5.56 Å². The molecule has 3 nitrogen and oxygen atoms in total. The highest BCUT2D eigenvalue weighted by molar-refractivity contribution is 5.43. The van der Waals surface area contributed by atoms with E-state index in [1.807, 2.05) is 0 Å². The molecule has 0 aromatic carbocycles. The molecule has 0 amide bonds. The molecule has 1 rings (SSSR count). The van der Waals surface area contributed by atoms with Gasteiger partial charge in [0.05, 0.1) is 6.20 Å². The Hall–Kier alpha value is -1.38. The molecule has 0 aliphatic carbocycles. The molecule has 0 aliphatic rings. The molecule has 0 bridgehead atoms. The summed E-state index contributed by atoms with van der Waals surface area (Å²) in [6.45, 7) is 3.51. The topological polar surface area (TPSA) is 34.9 Å². The van der Waals surface area contributed by atoms with Crippen molar-refractivity contribution in [2.75, 3.05) is 0 Å². The fourth-order valence-electron chi connectivity index (χ4n) is 0.595. The van der Waals surface area contributed by atoms with Crippen LogP contribution >= 0.6 is 0 Å². The fraction of sp³-hybridized carbons (Fsp3) is 0.143. The van der Waals surface area contributed by atoms with Crippen LogP contribution in [-0.4, -0.2) is 9.78 Å². The standard InChI is InChI=1S/C7H8N2O/c1-3-6-4-7(10)9(2)8-5-6/h3-5H,1H2,2H3. The Morgan fingerprint density at radius 2 is 2.50 bits per heavy atom. The van der Waals surface area contributed by atoms with E-state index in [1.54, 1.807) is 19.3 Å². The molecule has 1 aromatic rings. The molecule has 0 atom stereocenters. The number of rotatable bonds is 1. The van der Waals surface area contributed by atoms with Gasteiger partial charge in [-0.05, 0) is 5.56 Å². The van der Waals surface area contributed by atoms with Gasteiger partial charge in [0.25, 0.3) is 5.56 Å². The first-order valence-corrected chi connectivity index (χ1v) is 2.90. The van der Waals surface area contributed by atoms with Gasteiger partial charge in [-0.2, -0.15) is 5.10 Å². The minimum absolute atomic E-state index is 0.114. The maximum Gasteiger partial charge on any atom is 0.267 e. The van der Waals surface area contributed by atoms with E-state index >= 15 is 0 Å². The van der Waals surface area contributed by atoms with Crippen LogP contribution in [0.15, 0.2) is 23.6 Å². The molecular weight excluding hydrogens is 128 g/mol. The molecule has 52 valence electrons. The molecule has 3 heteroatoms. The van der Waals surface area contributed by atoms with E-state index in [4.69, 9.17) is 0 Å². The van der Waals surface area contributed by atoms with Crippen LogP contribution in [0.1, 0.15) is 5.56 Å². The van der Waals surface area contributed by atoms with E-state index in [-0.39, 0.29) is 5.56 Å². The average molecular weight is 136 g/mol. The second-order valence-electron chi connectivity index (χ2n) is 1.95. The van der Waals surface area contributed by atoms with Crippen molar-refractivity contribution in [3.63, 3.8) is 0 Å². The lowest BCUT2D eigenvalue weighted by Gasteiger charge is -1.93. The van der Waals surface area contributed by atoms with Gasteiger partial charge in [0.15, 0.2) is 0 Å². The summed E-state index contributed by atoms with van der Waals surface area (Å²) in [4.78, 5) is 10.9. The minimum Gasteiger partial charge on any atom is -0.268 e. The summed E-state index contributed by atoms with van der Waals surface area (Å²) in [6, 6.07) is 1.49. The second-order valence-corrected chi connectivity index (χ2v) is 1.95. The third kappa shape index (κ3) is 1.13. The third-order valence-electron chi connectivity index (χ3n) is 1.22. The van der Waals surface area contributed by atoms with Crippen molar-refractivity contribution < 1.29 is 0 Å². The largest absolute Gasteiger partial charge is 0.268 e. The number of aromatic nitrogens is 2. The van der Waals surface area contributed by atoms with Gasteiger partial charge in [-0.1, -0.05) is 12.7 Å². The smallest absolute Gasteiger partial charge is 0.267 e. The molecule has 1 heterocycles. The molecule has 0 saturated heterocycles. The number of hydrogen-bond acceptors (Lipinski definition) is 2. The lowest BCUT2D eigenvalue weighted by Crippen LogP contribution is -2.17. The van der Waals surface area contributed by atoms with Gasteiger partial charge >= 0.3 is 0 Å². The van der Waals surface area contributed by atoms with Gasteiger partial charge in [0, 0.05) is 13.1 Å². The zero-order valence-corrected chi connectivity index (χ0v) is 5.74. The molecule has 0 spiro atoms. The van der Waals surface area contributed by atoms with Crippen LogP contribution in [-0.2, 0) is 7.05 Å². The predicted octanol–water partition coefficient (Wildman–Crippen LogP) is 0.423. The van der Waals surface area contributed by atoms with Crippen LogP contribution in [0.25, 0.3) is 6.08 Å². The van der Waals surface area contributed by atoms with E-state index in [9.17, 15) is 4.79 Å². The van der Waals surface area contributed by atoms with Crippen LogP contribution in [0.3, 0.4) is 0 Å². The molecule has 0 N–H and O–H groups in total.